The number of hydrogen-bond acceptors (Lipinski definition) is 0. The van der Waals surface area contributed by atoms with Gasteiger partial charge in [-0.1, -0.05) is 0 Å². The molecule has 2 rings (SSSR count). The predicted molar refractivity (Wildman–Crippen MR) is 60.3 cm³/mol. The fourth-order valence-electron chi connectivity index (χ4n) is 1.54. The Morgan fingerprint density at radius 2 is 1.00 bits per heavy atom. The van der Waals surface area contributed by atoms with Crippen molar-refractivity contribution in [3.8, 4) is 0 Å². The Hall–Kier alpha value is -0.677. The molecule has 0 nitrogen and oxygen atoms in total. The van der Waals surface area contributed by atoms with Crippen molar-refractivity contribution in [3.05, 3.63) is 71.8 Å². The van der Waals surface area contributed by atoms with Crippen molar-refractivity contribution in [2.45, 2.75) is 8.26 Å². The first-order valence-corrected chi connectivity index (χ1v) is 8.71. The molecule has 0 spiro atoms. The summed E-state index contributed by atoms with van der Waals surface area (Å²) in [6.07, 6.45) is 0. The standard InChI is InChI=1S/2C7H7.Zr/c2*1-7-5-3-2-4-6-7;/h2*2-6H,1H2;/q;;-1. The molecule has 75 valence electrons. The topological polar surface area (TPSA) is 0 Å². The van der Waals surface area contributed by atoms with Gasteiger partial charge in [-0.05, 0) is 0 Å². The predicted octanol–water partition coefficient (Wildman–Crippen LogP) is 3.47. The van der Waals surface area contributed by atoms with Crippen LogP contribution in [-0.2, 0) is 31.5 Å². The number of benzene rings is 2. The van der Waals surface area contributed by atoms with Crippen LogP contribution in [0.1, 0.15) is 11.1 Å². The van der Waals surface area contributed by atoms with Gasteiger partial charge in [0.05, 0.1) is 0 Å². The normalized spacial score (nSPS) is 9.87. The van der Waals surface area contributed by atoms with Crippen LogP contribution in [0.5, 0.6) is 0 Å². The van der Waals surface area contributed by atoms with Crippen molar-refractivity contribution in [3.63, 3.8) is 0 Å². The molecule has 0 amide bonds. The van der Waals surface area contributed by atoms with Gasteiger partial charge in [0.1, 0.15) is 0 Å². The summed E-state index contributed by atoms with van der Waals surface area (Å²) in [6.45, 7) is 0. The van der Waals surface area contributed by atoms with Crippen LogP contribution in [0.2, 0.25) is 0 Å². The van der Waals surface area contributed by atoms with Crippen LogP contribution in [0.25, 0.3) is 0 Å². The van der Waals surface area contributed by atoms with E-state index in [9.17, 15) is 0 Å². The second-order valence-corrected chi connectivity index (χ2v) is 6.54. The van der Waals surface area contributed by atoms with Crippen LogP contribution in [0.4, 0.5) is 0 Å². The molecule has 15 heavy (non-hydrogen) atoms. The van der Waals surface area contributed by atoms with Crippen molar-refractivity contribution in [1.82, 2.24) is 0 Å². The first-order valence-electron chi connectivity index (χ1n) is 5.24. The van der Waals surface area contributed by atoms with E-state index in [2.05, 4.69) is 60.7 Å². The Bertz CT molecular complexity index is 341. The number of rotatable bonds is 4. The van der Waals surface area contributed by atoms with E-state index < -0.39 is 0 Å². The summed E-state index contributed by atoms with van der Waals surface area (Å²) in [4.78, 5) is 0. The van der Waals surface area contributed by atoms with Gasteiger partial charge in [-0.15, -0.1) is 0 Å². The average Bonchev–Trinajstić information content (AvgIpc) is 2.32. The summed E-state index contributed by atoms with van der Waals surface area (Å²) in [5.74, 6) is 0. The third-order valence-electron chi connectivity index (χ3n) is 2.34. The molecule has 0 unspecified atom stereocenters. The Labute approximate surface area is 103 Å². The van der Waals surface area contributed by atoms with E-state index in [0.717, 1.165) is 0 Å². The molecule has 0 fully saturated rings. The van der Waals surface area contributed by atoms with E-state index in [4.69, 9.17) is 0 Å². The summed E-state index contributed by atoms with van der Waals surface area (Å²) in [5.41, 5.74) is 3.03. The van der Waals surface area contributed by atoms with Gasteiger partial charge in [-0.3, -0.25) is 0 Å². The molecule has 0 heterocycles. The van der Waals surface area contributed by atoms with E-state index in [0.29, 0.717) is 0 Å². The maximum atomic E-state index is 2.24. The monoisotopic (exact) mass is 272 g/mol. The van der Waals surface area contributed by atoms with Gasteiger partial charge in [0.25, 0.3) is 0 Å². The molecule has 0 aromatic heterocycles. The Morgan fingerprint density at radius 3 is 1.40 bits per heavy atom. The fraction of sp³-hybridized carbons (Fsp3) is 0.143. The van der Waals surface area contributed by atoms with Crippen LogP contribution in [0.15, 0.2) is 60.7 Å². The van der Waals surface area contributed by atoms with Crippen LogP contribution in [0.3, 0.4) is 0 Å². The molecule has 0 aliphatic carbocycles. The molecule has 0 aliphatic rings. The van der Waals surface area contributed by atoms with Gasteiger partial charge in [-0.2, -0.15) is 0 Å². The Balaban J connectivity index is 1.81. The molecule has 0 radical (unpaired) electrons. The van der Waals surface area contributed by atoms with Gasteiger partial charge in [0.2, 0.25) is 0 Å². The molecule has 1 heteroatoms. The van der Waals surface area contributed by atoms with E-state index in [-0.39, 0.29) is 23.2 Å². The summed E-state index contributed by atoms with van der Waals surface area (Å²) in [5, 5.41) is 0. The summed E-state index contributed by atoms with van der Waals surface area (Å²) >= 11 is -0.258. The van der Waals surface area contributed by atoms with Crippen LogP contribution in [-0.4, -0.2) is 0 Å². The molecule has 0 N–H and O–H groups in total. The number of hydrogen-bond donors (Lipinski definition) is 0. The average molecular weight is 273 g/mol. The van der Waals surface area contributed by atoms with Crippen molar-refractivity contribution in [2.75, 3.05) is 0 Å². The van der Waals surface area contributed by atoms with Gasteiger partial charge in [0.15, 0.2) is 0 Å². The SMILES string of the molecule is c1ccc([CH2][Zr-][CH2]c2ccccc2)cc1. The van der Waals surface area contributed by atoms with E-state index >= 15 is 0 Å². The van der Waals surface area contributed by atoms with Gasteiger partial charge in [-0.25, -0.2) is 0 Å². The molecular formula is C14H14Zr-. The zero-order valence-corrected chi connectivity index (χ0v) is 11.1. The minimum atomic E-state index is -0.258. The van der Waals surface area contributed by atoms with Crippen molar-refractivity contribution >= 4 is 0 Å². The molecule has 0 saturated heterocycles. The van der Waals surface area contributed by atoms with Gasteiger partial charge < -0.3 is 0 Å². The van der Waals surface area contributed by atoms with Crippen molar-refractivity contribution in [2.24, 2.45) is 0 Å². The first kappa shape index (κ1) is 10.8. The first-order chi connectivity index (χ1) is 7.45. The summed E-state index contributed by atoms with van der Waals surface area (Å²) in [7, 11) is 0. The van der Waals surface area contributed by atoms with Crippen LogP contribution >= 0.6 is 0 Å². The van der Waals surface area contributed by atoms with E-state index in [1.54, 1.807) is 0 Å². The van der Waals surface area contributed by atoms with Crippen LogP contribution in [0, 0.1) is 0 Å². The fourth-order valence-corrected chi connectivity index (χ4v) is 4.43. The van der Waals surface area contributed by atoms with E-state index in [1.165, 1.54) is 19.4 Å². The van der Waals surface area contributed by atoms with Gasteiger partial charge in [0, 0.05) is 0 Å². The zero-order chi connectivity index (χ0) is 10.3. The molecular weight excluding hydrogens is 259 g/mol. The maximum absolute atomic E-state index is 2.24. The second-order valence-electron chi connectivity index (χ2n) is 3.57. The van der Waals surface area contributed by atoms with E-state index in [1.807, 2.05) is 0 Å². The third-order valence-corrected chi connectivity index (χ3v) is 5.58. The second kappa shape index (κ2) is 6.03. The molecule has 0 saturated carbocycles. The Kier molecular flexibility index (Phi) is 4.35. The van der Waals surface area contributed by atoms with Crippen molar-refractivity contribution in [1.29, 1.82) is 0 Å². The van der Waals surface area contributed by atoms with Gasteiger partial charge >= 0.3 is 103 Å². The molecule has 0 bridgehead atoms. The third kappa shape index (κ3) is 3.76. The van der Waals surface area contributed by atoms with Crippen LogP contribution < -0.4 is 0 Å². The quantitative estimate of drug-likeness (QED) is 0.800. The molecule has 0 atom stereocenters. The molecule has 2 aromatic carbocycles. The molecule has 2 aromatic rings. The Morgan fingerprint density at radius 1 is 0.600 bits per heavy atom. The zero-order valence-electron chi connectivity index (χ0n) is 8.69. The summed E-state index contributed by atoms with van der Waals surface area (Å²) < 4.78 is 2.69. The molecule has 0 aliphatic heterocycles. The summed E-state index contributed by atoms with van der Waals surface area (Å²) in [6, 6.07) is 21.7. The van der Waals surface area contributed by atoms with Crippen molar-refractivity contribution < 1.29 is 23.2 Å². The minimum absolute atomic E-state index is 0.258.